The Kier molecular flexibility index (Phi) is 1.66. The molecular formula is C8H15NO. The number of ether oxygens (including phenoxy) is 1. The van der Waals surface area contributed by atoms with Crippen molar-refractivity contribution in [3.05, 3.63) is 0 Å². The maximum atomic E-state index is 5.03. The molecule has 2 heteroatoms. The van der Waals surface area contributed by atoms with Crippen LogP contribution in [0.25, 0.3) is 0 Å². The summed E-state index contributed by atoms with van der Waals surface area (Å²) in [5.74, 6) is 1.07. The fourth-order valence-corrected chi connectivity index (χ4v) is 1.97. The molecule has 2 rings (SSSR count). The number of methoxy groups -OCH3 is 1. The van der Waals surface area contributed by atoms with Crippen LogP contribution in [0.15, 0.2) is 0 Å². The lowest BCUT2D eigenvalue weighted by atomic mass is 10.3. The van der Waals surface area contributed by atoms with Gasteiger partial charge in [0.2, 0.25) is 0 Å². The first-order valence-electron chi connectivity index (χ1n) is 4.15. The van der Waals surface area contributed by atoms with Gasteiger partial charge in [-0.15, -0.1) is 0 Å². The van der Waals surface area contributed by atoms with Crippen molar-refractivity contribution < 1.29 is 4.74 Å². The molecule has 0 amide bonds. The van der Waals surface area contributed by atoms with Crippen molar-refractivity contribution in [1.82, 2.24) is 4.90 Å². The van der Waals surface area contributed by atoms with E-state index in [4.69, 9.17) is 4.74 Å². The highest BCUT2D eigenvalue weighted by molar-refractivity contribution is 5.00. The molecule has 10 heavy (non-hydrogen) atoms. The summed E-state index contributed by atoms with van der Waals surface area (Å²) in [6, 6.07) is 0.954. The van der Waals surface area contributed by atoms with Crippen molar-refractivity contribution in [3.8, 4) is 0 Å². The molecular weight excluding hydrogens is 126 g/mol. The van der Waals surface area contributed by atoms with Crippen LogP contribution in [0.1, 0.15) is 12.8 Å². The topological polar surface area (TPSA) is 12.5 Å². The van der Waals surface area contributed by atoms with Gasteiger partial charge >= 0.3 is 0 Å². The van der Waals surface area contributed by atoms with Crippen molar-refractivity contribution in [1.29, 1.82) is 0 Å². The number of nitrogens with zero attached hydrogens (tertiary/aromatic N) is 1. The summed E-state index contributed by atoms with van der Waals surface area (Å²) in [5.41, 5.74) is 0. The highest BCUT2D eigenvalue weighted by Gasteiger charge is 2.46. The average Bonchev–Trinajstić information content (AvgIpc) is 2.63. The molecule has 1 aliphatic carbocycles. The van der Waals surface area contributed by atoms with E-state index >= 15 is 0 Å². The first-order valence-corrected chi connectivity index (χ1v) is 4.15. The molecule has 1 saturated carbocycles. The van der Waals surface area contributed by atoms with Gasteiger partial charge in [-0.2, -0.15) is 0 Å². The Labute approximate surface area is 62.2 Å². The second-order valence-electron chi connectivity index (χ2n) is 3.38. The maximum Gasteiger partial charge on any atom is 0.0589 e. The molecule has 0 aromatic heterocycles. The molecule has 2 aliphatic rings. The Hall–Kier alpha value is -0.0800. The zero-order valence-corrected chi connectivity index (χ0v) is 6.55. The molecule has 2 unspecified atom stereocenters. The summed E-state index contributed by atoms with van der Waals surface area (Å²) >= 11 is 0. The molecule has 2 nitrogen and oxygen atoms in total. The molecule has 2 atom stereocenters. The molecule has 1 saturated heterocycles. The third-order valence-electron chi connectivity index (χ3n) is 2.72. The second-order valence-corrected chi connectivity index (χ2v) is 3.38. The molecule has 1 aliphatic heterocycles. The number of hydrogen-bond donors (Lipinski definition) is 0. The third-order valence-corrected chi connectivity index (χ3v) is 2.72. The van der Waals surface area contributed by atoms with E-state index in [1.807, 2.05) is 0 Å². The molecule has 0 aromatic rings. The first-order chi connectivity index (χ1) is 4.92. The fraction of sp³-hybridized carbons (Fsp3) is 1.00. The smallest absolute Gasteiger partial charge is 0.0589 e. The largest absolute Gasteiger partial charge is 0.383 e. The third kappa shape index (κ3) is 1.06. The van der Waals surface area contributed by atoms with E-state index in [9.17, 15) is 0 Å². The first kappa shape index (κ1) is 6.62. The summed E-state index contributed by atoms with van der Waals surface area (Å²) in [5, 5.41) is 0. The number of likely N-dealkylation sites (tertiary alicyclic amines) is 1. The standard InChI is InChI=1S/C8H15NO/c1-10-5-4-9-3-2-7-6-8(7)9/h7-8H,2-6H2,1H3. The predicted octanol–water partition coefficient (Wildman–Crippen LogP) is 0.727. The summed E-state index contributed by atoms with van der Waals surface area (Å²) in [6.45, 7) is 3.37. The molecule has 58 valence electrons. The van der Waals surface area contributed by atoms with Crippen LogP contribution in [0.3, 0.4) is 0 Å². The number of piperidine rings is 1. The lowest BCUT2D eigenvalue weighted by Crippen LogP contribution is -2.26. The van der Waals surface area contributed by atoms with Crippen molar-refractivity contribution in [2.24, 2.45) is 5.92 Å². The second kappa shape index (κ2) is 2.51. The molecule has 0 spiro atoms. The molecule has 0 aromatic carbocycles. The Morgan fingerprint density at radius 3 is 3.00 bits per heavy atom. The van der Waals surface area contributed by atoms with Crippen LogP contribution in [0.5, 0.6) is 0 Å². The van der Waals surface area contributed by atoms with Gasteiger partial charge in [0.15, 0.2) is 0 Å². The number of hydrogen-bond acceptors (Lipinski definition) is 2. The van der Waals surface area contributed by atoms with Gasteiger partial charge in [0, 0.05) is 19.7 Å². The van der Waals surface area contributed by atoms with Gasteiger partial charge in [0.05, 0.1) is 6.61 Å². The Bertz CT molecular complexity index is 126. The lowest BCUT2D eigenvalue weighted by molar-refractivity contribution is 0.152. The summed E-state index contributed by atoms with van der Waals surface area (Å²) in [6.07, 6.45) is 2.90. The summed E-state index contributed by atoms with van der Waals surface area (Å²) in [7, 11) is 1.78. The van der Waals surface area contributed by atoms with Crippen LogP contribution < -0.4 is 0 Å². The highest BCUT2D eigenvalue weighted by atomic mass is 16.5. The quantitative estimate of drug-likeness (QED) is 0.574. The van der Waals surface area contributed by atoms with E-state index in [1.54, 1.807) is 7.11 Å². The van der Waals surface area contributed by atoms with Crippen molar-refractivity contribution in [2.75, 3.05) is 26.8 Å². The van der Waals surface area contributed by atoms with E-state index in [1.165, 1.54) is 19.4 Å². The minimum absolute atomic E-state index is 0.906. The van der Waals surface area contributed by atoms with E-state index in [-0.39, 0.29) is 0 Å². The van der Waals surface area contributed by atoms with Crippen LogP contribution in [-0.4, -0.2) is 37.7 Å². The molecule has 2 fully saturated rings. The van der Waals surface area contributed by atoms with Crippen molar-refractivity contribution >= 4 is 0 Å². The van der Waals surface area contributed by atoms with E-state index in [0.29, 0.717) is 0 Å². The van der Waals surface area contributed by atoms with E-state index in [2.05, 4.69) is 4.90 Å². The van der Waals surface area contributed by atoms with Gasteiger partial charge in [0.1, 0.15) is 0 Å². The minimum Gasteiger partial charge on any atom is -0.383 e. The predicted molar refractivity (Wildman–Crippen MR) is 40.0 cm³/mol. The number of rotatable bonds is 3. The maximum absolute atomic E-state index is 5.03. The fourth-order valence-electron chi connectivity index (χ4n) is 1.97. The normalized spacial score (nSPS) is 38.1. The summed E-state index contributed by atoms with van der Waals surface area (Å²) < 4.78 is 5.03. The zero-order chi connectivity index (χ0) is 6.97. The Morgan fingerprint density at radius 1 is 1.60 bits per heavy atom. The highest BCUT2D eigenvalue weighted by Crippen LogP contribution is 2.43. The molecule has 0 bridgehead atoms. The van der Waals surface area contributed by atoms with Crippen molar-refractivity contribution in [2.45, 2.75) is 18.9 Å². The average molecular weight is 141 g/mol. The van der Waals surface area contributed by atoms with Crippen molar-refractivity contribution in [3.63, 3.8) is 0 Å². The van der Waals surface area contributed by atoms with Gasteiger partial charge < -0.3 is 4.74 Å². The van der Waals surface area contributed by atoms with Gasteiger partial charge in [-0.05, 0) is 25.3 Å². The van der Waals surface area contributed by atoms with Crippen LogP contribution in [0.4, 0.5) is 0 Å². The summed E-state index contributed by atoms with van der Waals surface area (Å²) in [4.78, 5) is 2.56. The molecule has 1 heterocycles. The van der Waals surface area contributed by atoms with Crippen LogP contribution >= 0.6 is 0 Å². The van der Waals surface area contributed by atoms with E-state index < -0.39 is 0 Å². The lowest BCUT2D eigenvalue weighted by Gasteiger charge is -2.15. The van der Waals surface area contributed by atoms with Crippen LogP contribution in [0, 0.1) is 5.92 Å². The number of fused-ring (bicyclic) bond motifs is 1. The van der Waals surface area contributed by atoms with Gasteiger partial charge in [-0.3, -0.25) is 4.90 Å². The Balaban J connectivity index is 1.72. The monoisotopic (exact) mass is 141 g/mol. The van der Waals surface area contributed by atoms with Crippen LogP contribution in [0.2, 0.25) is 0 Å². The minimum atomic E-state index is 0.906. The zero-order valence-electron chi connectivity index (χ0n) is 6.55. The SMILES string of the molecule is COCCN1CCC2CC21. The van der Waals surface area contributed by atoms with E-state index in [0.717, 1.165) is 25.1 Å². The van der Waals surface area contributed by atoms with Gasteiger partial charge in [0.25, 0.3) is 0 Å². The Morgan fingerprint density at radius 2 is 2.50 bits per heavy atom. The van der Waals surface area contributed by atoms with Gasteiger partial charge in [-0.1, -0.05) is 0 Å². The van der Waals surface area contributed by atoms with Crippen LogP contribution in [-0.2, 0) is 4.74 Å². The van der Waals surface area contributed by atoms with Gasteiger partial charge in [-0.25, -0.2) is 0 Å². The molecule has 0 N–H and O–H groups in total. The molecule has 0 radical (unpaired) electrons.